The van der Waals surface area contributed by atoms with Crippen molar-refractivity contribution >= 4 is 0 Å². The fourth-order valence-corrected chi connectivity index (χ4v) is 9.29. The molecule has 1 spiro atoms. The molecule has 0 amide bonds. The third-order valence-electron chi connectivity index (χ3n) is 12.8. The van der Waals surface area contributed by atoms with Gasteiger partial charge in [-0.1, -0.05) is 204 Å². The SMILES string of the molecule is CC(C)(C)c1ccc2c(c1)-c1ccc(C(C)(C)C)cc1C21c2cc(C(C)(C)C)ccc2-c2c(-c3nc(-c4ccccc4)nc(-c4ccccc4)n3)cc(C(C)(C)C)cc21. The van der Waals surface area contributed by atoms with E-state index in [9.17, 15) is 0 Å². The van der Waals surface area contributed by atoms with Crippen LogP contribution in [0.15, 0.2) is 127 Å². The molecule has 0 radical (unpaired) electrons. The number of hydrogen-bond acceptors (Lipinski definition) is 3. The lowest BCUT2D eigenvalue weighted by atomic mass is 9.67. The van der Waals surface area contributed by atoms with Crippen LogP contribution >= 0.6 is 0 Å². The van der Waals surface area contributed by atoms with E-state index in [4.69, 9.17) is 15.0 Å². The summed E-state index contributed by atoms with van der Waals surface area (Å²) in [5.74, 6) is 2.02. The van der Waals surface area contributed by atoms with E-state index in [1.165, 1.54) is 66.8 Å². The first-order chi connectivity index (χ1) is 27.8. The fourth-order valence-electron chi connectivity index (χ4n) is 9.29. The second kappa shape index (κ2) is 13.2. The Kier molecular flexibility index (Phi) is 8.66. The molecular weight excluding hydrogens is 715 g/mol. The van der Waals surface area contributed by atoms with Gasteiger partial charge in [0.1, 0.15) is 0 Å². The quantitative estimate of drug-likeness (QED) is 0.180. The molecule has 1 unspecified atom stereocenters. The van der Waals surface area contributed by atoms with Crippen molar-refractivity contribution in [3.05, 3.63) is 172 Å². The number of hydrogen-bond donors (Lipinski definition) is 0. The van der Waals surface area contributed by atoms with Gasteiger partial charge in [-0.15, -0.1) is 0 Å². The molecule has 3 nitrogen and oxygen atoms in total. The topological polar surface area (TPSA) is 38.7 Å². The summed E-state index contributed by atoms with van der Waals surface area (Å²) in [7, 11) is 0. The number of benzene rings is 6. The number of fused-ring (bicyclic) bond motifs is 10. The Balaban J connectivity index is 1.47. The van der Waals surface area contributed by atoms with E-state index < -0.39 is 5.41 Å². The molecule has 59 heavy (non-hydrogen) atoms. The predicted molar refractivity (Wildman–Crippen MR) is 247 cm³/mol. The maximum Gasteiger partial charge on any atom is 0.164 e. The van der Waals surface area contributed by atoms with Crippen molar-refractivity contribution in [3.63, 3.8) is 0 Å². The lowest BCUT2D eigenvalue weighted by Crippen LogP contribution is -2.28. The van der Waals surface area contributed by atoms with Gasteiger partial charge in [-0.25, -0.2) is 15.0 Å². The van der Waals surface area contributed by atoms with E-state index in [0.29, 0.717) is 17.5 Å². The molecule has 0 fully saturated rings. The van der Waals surface area contributed by atoms with Crippen molar-refractivity contribution in [2.75, 3.05) is 0 Å². The average Bonchev–Trinajstić information content (AvgIpc) is 3.66. The van der Waals surface area contributed by atoms with Crippen LogP contribution in [0.25, 0.3) is 56.4 Å². The summed E-state index contributed by atoms with van der Waals surface area (Å²) >= 11 is 0. The predicted octanol–water partition coefficient (Wildman–Crippen LogP) is 14.4. The van der Waals surface area contributed by atoms with Crippen LogP contribution in [-0.2, 0) is 27.1 Å². The fraction of sp³-hybridized carbons (Fsp3) is 0.304. The van der Waals surface area contributed by atoms with Crippen LogP contribution in [0.4, 0.5) is 0 Å². The highest BCUT2D eigenvalue weighted by atomic mass is 15.0. The van der Waals surface area contributed by atoms with Crippen molar-refractivity contribution in [2.24, 2.45) is 0 Å². The van der Waals surface area contributed by atoms with Gasteiger partial charge >= 0.3 is 0 Å². The third-order valence-corrected chi connectivity index (χ3v) is 12.8. The van der Waals surface area contributed by atoms with Gasteiger partial charge in [-0.05, 0) is 94.5 Å². The van der Waals surface area contributed by atoms with Gasteiger partial charge in [-0.3, -0.25) is 0 Å². The molecule has 9 rings (SSSR count). The summed E-state index contributed by atoms with van der Waals surface area (Å²) in [6.07, 6.45) is 0. The van der Waals surface area contributed by atoms with E-state index >= 15 is 0 Å². The Bertz CT molecular complexity index is 2730. The molecule has 3 heteroatoms. The maximum absolute atomic E-state index is 5.40. The van der Waals surface area contributed by atoms with Gasteiger partial charge in [0.2, 0.25) is 0 Å². The van der Waals surface area contributed by atoms with Crippen LogP contribution in [0.5, 0.6) is 0 Å². The normalized spacial score (nSPS) is 15.9. The minimum absolute atomic E-state index is 0.000624. The molecule has 0 aliphatic heterocycles. The number of rotatable bonds is 3. The van der Waals surface area contributed by atoms with Gasteiger partial charge < -0.3 is 0 Å². The van der Waals surface area contributed by atoms with Crippen LogP contribution in [0.2, 0.25) is 0 Å². The van der Waals surface area contributed by atoms with Crippen LogP contribution in [-0.4, -0.2) is 15.0 Å². The smallest absolute Gasteiger partial charge is 0.164 e. The van der Waals surface area contributed by atoms with Crippen LogP contribution in [0.1, 0.15) is 128 Å². The molecule has 6 aromatic carbocycles. The first-order valence-electron chi connectivity index (χ1n) is 21.3. The molecule has 1 aromatic heterocycles. The first-order valence-corrected chi connectivity index (χ1v) is 21.3. The molecule has 7 aromatic rings. The van der Waals surface area contributed by atoms with Gasteiger partial charge in [0.15, 0.2) is 17.5 Å². The molecule has 0 saturated heterocycles. The lowest BCUT2D eigenvalue weighted by molar-refractivity contribution is 0.584. The zero-order chi connectivity index (χ0) is 41.9. The van der Waals surface area contributed by atoms with Crippen molar-refractivity contribution in [1.29, 1.82) is 0 Å². The highest BCUT2D eigenvalue weighted by Crippen LogP contribution is 2.65. The monoisotopic (exact) mass is 771 g/mol. The largest absolute Gasteiger partial charge is 0.208 e. The van der Waals surface area contributed by atoms with E-state index in [0.717, 1.165) is 16.7 Å². The molecular formula is C56H57N3. The Labute approximate surface area is 352 Å². The lowest BCUT2D eigenvalue weighted by Gasteiger charge is -2.34. The van der Waals surface area contributed by atoms with Gasteiger partial charge in [-0.2, -0.15) is 0 Å². The molecule has 0 N–H and O–H groups in total. The summed E-state index contributed by atoms with van der Waals surface area (Å²) in [6, 6.07) is 47.5. The zero-order valence-electron chi connectivity index (χ0n) is 37.0. The average molecular weight is 772 g/mol. The van der Waals surface area contributed by atoms with Crippen LogP contribution in [0, 0.1) is 0 Å². The minimum Gasteiger partial charge on any atom is -0.208 e. The first kappa shape index (κ1) is 38.8. The van der Waals surface area contributed by atoms with Crippen molar-refractivity contribution in [1.82, 2.24) is 15.0 Å². The highest BCUT2D eigenvalue weighted by Gasteiger charge is 2.53. The van der Waals surface area contributed by atoms with Crippen LogP contribution < -0.4 is 0 Å². The van der Waals surface area contributed by atoms with Crippen molar-refractivity contribution in [3.8, 4) is 56.4 Å². The summed E-state index contributed by atoms with van der Waals surface area (Å²) in [5, 5.41) is 0. The Hall–Kier alpha value is -5.67. The van der Waals surface area contributed by atoms with Gasteiger partial charge in [0.25, 0.3) is 0 Å². The molecule has 2 aliphatic carbocycles. The number of aromatic nitrogens is 3. The van der Waals surface area contributed by atoms with Crippen molar-refractivity contribution < 1.29 is 0 Å². The second-order valence-corrected chi connectivity index (χ2v) is 21.0. The molecule has 0 saturated carbocycles. The Morgan fingerprint density at radius 2 is 0.729 bits per heavy atom. The standard InChI is InChI=1S/C56H57N3/c1-52(2,3)36-25-28-44-42(29-36)40-26-23-37(53(4,5)6)31-45(40)56(44)46-32-38(54(7,8)9)24-27-41(46)48-43(30-39(33-47(48)56)55(10,11)12)51-58-49(34-19-15-13-16-20-34)57-50(59-51)35-21-17-14-18-22-35/h13-33H,1-12H3. The van der Waals surface area contributed by atoms with Crippen molar-refractivity contribution in [2.45, 2.75) is 110 Å². The molecule has 0 bridgehead atoms. The molecule has 296 valence electrons. The summed E-state index contributed by atoms with van der Waals surface area (Å²) in [6.45, 7) is 27.9. The summed E-state index contributed by atoms with van der Waals surface area (Å²) < 4.78 is 0. The zero-order valence-corrected chi connectivity index (χ0v) is 37.0. The maximum atomic E-state index is 5.40. The Morgan fingerprint density at radius 3 is 1.24 bits per heavy atom. The molecule has 1 heterocycles. The summed E-state index contributed by atoms with van der Waals surface area (Å²) in [4.78, 5) is 15.9. The van der Waals surface area contributed by atoms with Crippen LogP contribution in [0.3, 0.4) is 0 Å². The molecule has 1 atom stereocenters. The van der Waals surface area contributed by atoms with E-state index in [1.54, 1.807) is 0 Å². The summed E-state index contributed by atoms with van der Waals surface area (Å²) in [5.41, 5.74) is 17.9. The third kappa shape index (κ3) is 6.28. The van der Waals surface area contributed by atoms with E-state index in [2.05, 4.69) is 198 Å². The highest BCUT2D eigenvalue weighted by molar-refractivity contribution is 6.00. The van der Waals surface area contributed by atoms with E-state index in [1.807, 2.05) is 12.1 Å². The van der Waals surface area contributed by atoms with Gasteiger partial charge in [0.05, 0.1) is 5.41 Å². The minimum atomic E-state index is -0.568. The van der Waals surface area contributed by atoms with Gasteiger partial charge in [0, 0.05) is 16.7 Å². The second-order valence-electron chi connectivity index (χ2n) is 21.0. The number of nitrogens with zero attached hydrogens (tertiary/aromatic N) is 3. The molecule has 2 aliphatic rings. The van der Waals surface area contributed by atoms with E-state index in [-0.39, 0.29) is 21.7 Å². The Morgan fingerprint density at radius 1 is 0.322 bits per heavy atom.